The summed E-state index contributed by atoms with van der Waals surface area (Å²) in [4.78, 5) is 19.1. The fraction of sp³-hybridized carbons (Fsp3) is 0.0769. The minimum Gasteiger partial charge on any atom is -0.338 e. The predicted octanol–water partition coefficient (Wildman–Crippen LogP) is 2.87. The zero-order chi connectivity index (χ0) is 13.8. The number of nitriles is 1. The molecule has 0 amide bonds. The molecule has 1 aromatic heterocycles. The summed E-state index contributed by atoms with van der Waals surface area (Å²) in [6.45, 7) is 1.67. The van der Waals surface area contributed by atoms with Crippen molar-refractivity contribution in [3.8, 4) is 6.07 Å². The number of carbonyl (C=O) groups is 1. The molecule has 0 spiro atoms. The maximum atomic E-state index is 11.0. The Bertz CT molecular complexity index is 679. The van der Waals surface area contributed by atoms with Gasteiger partial charge < -0.3 is 5.32 Å². The number of nitrogens with one attached hydrogen (secondary N) is 1. The molecular weight excluding hydrogens is 264 g/mol. The number of aryl methyl sites for hydroxylation is 1. The van der Waals surface area contributed by atoms with Gasteiger partial charge in [-0.3, -0.25) is 4.79 Å². The van der Waals surface area contributed by atoms with E-state index in [0.717, 1.165) is 0 Å². The Morgan fingerprint density at radius 1 is 1.37 bits per heavy atom. The Morgan fingerprint density at radius 3 is 2.79 bits per heavy atom. The standard InChI is InChI=1S/C13H9ClN4O/c1-8-16-12(14)10(7-19)13(17-8)18-11-5-3-2-4-9(11)6-15/h2-5,7H,1H3,(H,16,17,18). The maximum Gasteiger partial charge on any atom is 0.156 e. The third-order valence-electron chi connectivity index (χ3n) is 2.43. The van der Waals surface area contributed by atoms with Crippen molar-refractivity contribution < 1.29 is 4.79 Å². The van der Waals surface area contributed by atoms with Gasteiger partial charge >= 0.3 is 0 Å². The second-order valence-electron chi connectivity index (χ2n) is 3.72. The Kier molecular flexibility index (Phi) is 3.74. The van der Waals surface area contributed by atoms with Crippen molar-refractivity contribution in [2.75, 3.05) is 5.32 Å². The zero-order valence-electron chi connectivity index (χ0n) is 10.0. The molecule has 0 aliphatic carbocycles. The van der Waals surface area contributed by atoms with E-state index in [0.29, 0.717) is 23.4 Å². The first-order valence-corrected chi connectivity index (χ1v) is 5.79. The molecule has 0 aliphatic rings. The quantitative estimate of drug-likeness (QED) is 0.686. The topological polar surface area (TPSA) is 78.7 Å². The van der Waals surface area contributed by atoms with Gasteiger partial charge in [0.05, 0.1) is 16.8 Å². The van der Waals surface area contributed by atoms with Gasteiger partial charge in [0.25, 0.3) is 0 Å². The normalized spacial score (nSPS) is 9.74. The molecule has 0 saturated carbocycles. The van der Waals surface area contributed by atoms with Gasteiger partial charge in [-0.15, -0.1) is 0 Å². The Labute approximate surface area is 114 Å². The van der Waals surface area contributed by atoms with E-state index in [1.165, 1.54) is 0 Å². The molecule has 19 heavy (non-hydrogen) atoms. The van der Waals surface area contributed by atoms with E-state index < -0.39 is 0 Å². The van der Waals surface area contributed by atoms with Crippen molar-refractivity contribution in [1.82, 2.24) is 9.97 Å². The van der Waals surface area contributed by atoms with Crippen molar-refractivity contribution in [1.29, 1.82) is 5.26 Å². The van der Waals surface area contributed by atoms with Crippen molar-refractivity contribution in [2.24, 2.45) is 0 Å². The lowest BCUT2D eigenvalue weighted by Crippen LogP contribution is -2.04. The number of hydrogen-bond acceptors (Lipinski definition) is 5. The highest BCUT2D eigenvalue weighted by Gasteiger charge is 2.12. The van der Waals surface area contributed by atoms with Crippen LogP contribution in [-0.2, 0) is 0 Å². The molecule has 0 radical (unpaired) electrons. The Balaban J connectivity index is 2.49. The third kappa shape index (κ3) is 2.69. The lowest BCUT2D eigenvalue weighted by Gasteiger charge is -2.10. The maximum absolute atomic E-state index is 11.0. The van der Waals surface area contributed by atoms with Crippen LogP contribution in [0.15, 0.2) is 24.3 Å². The minimum atomic E-state index is 0.0828. The largest absolute Gasteiger partial charge is 0.338 e. The lowest BCUT2D eigenvalue weighted by atomic mass is 10.2. The average Bonchev–Trinajstić information content (AvgIpc) is 2.39. The highest BCUT2D eigenvalue weighted by molar-refractivity contribution is 6.32. The molecular formula is C13H9ClN4O. The number of para-hydroxylation sites is 1. The van der Waals surface area contributed by atoms with Crippen LogP contribution >= 0.6 is 11.6 Å². The molecule has 0 bridgehead atoms. The van der Waals surface area contributed by atoms with Gasteiger partial charge in [0.2, 0.25) is 0 Å². The average molecular weight is 273 g/mol. The van der Waals surface area contributed by atoms with Gasteiger partial charge in [0.15, 0.2) is 6.29 Å². The number of anilines is 2. The molecule has 1 heterocycles. The summed E-state index contributed by atoms with van der Waals surface area (Å²) < 4.78 is 0. The summed E-state index contributed by atoms with van der Waals surface area (Å²) in [6.07, 6.45) is 0.582. The van der Waals surface area contributed by atoms with E-state index in [1.54, 1.807) is 31.2 Å². The summed E-state index contributed by atoms with van der Waals surface area (Å²) in [5, 5.41) is 12.0. The van der Waals surface area contributed by atoms with E-state index in [9.17, 15) is 4.79 Å². The van der Waals surface area contributed by atoms with Crippen LogP contribution in [0.5, 0.6) is 0 Å². The highest BCUT2D eigenvalue weighted by atomic mass is 35.5. The van der Waals surface area contributed by atoms with Gasteiger partial charge in [0, 0.05) is 0 Å². The van der Waals surface area contributed by atoms with Gasteiger partial charge in [-0.2, -0.15) is 5.26 Å². The van der Waals surface area contributed by atoms with Crippen LogP contribution in [0.25, 0.3) is 0 Å². The van der Waals surface area contributed by atoms with Crippen LogP contribution in [0.2, 0.25) is 5.15 Å². The molecule has 0 fully saturated rings. The molecule has 2 rings (SSSR count). The van der Waals surface area contributed by atoms with E-state index in [-0.39, 0.29) is 16.5 Å². The van der Waals surface area contributed by atoms with Crippen LogP contribution in [0, 0.1) is 18.3 Å². The summed E-state index contributed by atoms with van der Waals surface area (Å²) in [6, 6.07) is 8.97. The molecule has 5 nitrogen and oxygen atoms in total. The summed E-state index contributed by atoms with van der Waals surface area (Å²) in [7, 11) is 0. The SMILES string of the molecule is Cc1nc(Cl)c(C=O)c(Nc2ccccc2C#N)n1. The molecule has 1 aromatic carbocycles. The van der Waals surface area contributed by atoms with E-state index in [2.05, 4.69) is 21.4 Å². The molecule has 0 unspecified atom stereocenters. The number of aldehydes is 1. The smallest absolute Gasteiger partial charge is 0.156 e. The third-order valence-corrected chi connectivity index (χ3v) is 2.72. The number of carbonyl (C=O) groups excluding carboxylic acids is 1. The number of nitrogens with zero attached hydrogens (tertiary/aromatic N) is 3. The summed E-state index contributed by atoms with van der Waals surface area (Å²) in [5.41, 5.74) is 1.18. The number of halogens is 1. The monoisotopic (exact) mass is 272 g/mol. The molecule has 0 saturated heterocycles. The molecule has 0 aliphatic heterocycles. The highest BCUT2D eigenvalue weighted by Crippen LogP contribution is 2.24. The van der Waals surface area contributed by atoms with E-state index in [4.69, 9.17) is 16.9 Å². The number of aromatic nitrogens is 2. The molecule has 0 atom stereocenters. The van der Waals surface area contributed by atoms with Crippen molar-refractivity contribution in [2.45, 2.75) is 6.92 Å². The summed E-state index contributed by atoms with van der Waals surface area (Å²) in [5.74, 6) is 0.725. The molecule has 1 N–H and O–H groups in total. The van der Waals surface area contributed by atoms with Gasteiger partial charge in [-0.25, -0.2) is 9.97 Å². The fourth-order valence-electron chi connectivity index (χ4n) is 1.56. The summed E-state index contributed by atoms with van der Waals surface area (Å²) >= 11 is 5.89. The second-order valence-corrected chi connectivity index (χ2v) is 4.08. The first-order chi connectivity index (χ1) is 9.15. The van der Waals surface area contributed by atoms with Gasteiger partial charge in [-0.1, -0.05) is 23.7 Å². The van der Waals surface area contributed by atoms with Crippen molar-refractivity contribution in [3.63, 3.8) is 0 Å². The van der Waals surface area contributed by atoms with Crippen LogP contribution in [-0.4, -0.2) is 16.3 Å². The number of rotatable bonds is 3. The van der Waals surface area contributed by atoms with Crippen molar-refractivity contribution in [3.05, 3.63) is 46.4 Å². The molecule has 6 heteroatoms. The van der Waals surface area contributed by atoms with Crippen LogP contribution in [0.4, 0.5) is 11.5 Å². The Morgan fingerprint density at radius 2 is 2.11 bits per heavy atom. The zero-order valence-corrected chi connectivity index (χ0v) is 10.8. The number of benzene rings is 1. The molecule has 2 aromatic rings. The van der Waals surface area contributed by atoms with E-state index >= 15 is 0 Å². The second kappa shape index (κ2) is 5.46. The molecule has 94 valence electrons. The van der Waals surface area contributed by atoms with Crippen LogP contribution in [0.1, 0.15) is 21.7 Å². The Hall–Kier alpha value is -2.45. The van der Waals surface area contributed by atoms with Gasteiger partial charge in [0.1, 0.15) is 22.9 Å². The van der Waals surface area contributed by atoms with Gasteiger partial charge in [-0.05, 0) is 19.1 Å². The van der Waals surface area contributed by atoms with Crippen molar-refractivity contribution >= 4 is 29.4 Å². The van der Waals surface area contributed by atoms with Crippen LogP contribution in [0.3, 0.4) is 0 Å². The van der Waals surface area contributed by atoms with E-state index in [1.807, 2.05) is 0 Å². The predicted molar refractivity (Wildman–Crippen MR) is 71.6 cm³/mol. The van der Waals surface area contributed by atoms with Crippen LogP contribution < -0.4 is 5.32 Å². The lowest BCUT2D eigenvalue weighted by molar-refractivity contribution is 0.112. The first-order valence-electron chi connectivity index (χ1n) is 5.41. The number of hydrogen-bond donors (Lipinski definition) is 1. The first kappa shape index (κ1) is 13.0. The minimum absolute atomic E-state index is 0.0828. The fourth-order valence-corrected chi connectivity index (χ4v) is 1.82.